The van der Waals surface area contributed by atoms with Crippen molar-refractivity contribution in [3.05, 3.63) is 24.3 Å². The zero-order valence-corrected chi connectivity index (χ0v) is 10.1. The number of anilines is 1. The smallest absolute Gasteiger partial charge is 0.175 e. The molecule has 0 aromatic heterocycles. The van der Waals surface area contributed by atoms with E-state index in [0.717, 1.165) is 12.2 Å². The molecule has 0 unspecified atom stereocenters. The molecule has 0 amide bonds. The van der Waals surface area contributed by atoms with Crippen LogP contribution in [0.15, 0.2) is 29.2 Å². The van der Waals surface area contributed by atoms with Crippen LogP contribution in [-0.2, 0) is 9.84 Å². The second-order valence-electron chi connectivity index (χ2n) is 4.07. The Bertz CT molecular complexity index is 407. The topological polar surface area (TPSA) is 46.2 Å². The van der Waals surface area contributed by atoms with Gasteiger partial charge in [0, 0.05) is 18.5 Å². The molecule has 1 aromatic rings. The van der Waals surface area contributed by atoms with E-state index in [1.807, 2.05) is 0 Å². The lowest BCUT2D eigenvalue weighted by atomic mass is 10.2. The summed E-state index contributed by atoms with van der Waals surface area (Å²) in [6.45, 7) is 5.13. The van der Waals surface area contributed by atoms with E-state index in [9.17, 15) is 8.42 Å². The van der Waals surface area contributed by atoms with E-state index >= 15 is 0 Å². The third-order valence-corrected chi connectivity index (χ3v) is 3.13. The molecule has 0 atom stereocenters. The first-order chi connectivity index (χ1) is 6.89. The van der Waals surface area contributed by atoms with E-state index < -0.39 is 9.84 Å². The van der Waals surface area contributed by atoms with Crippen molar-refractivity contribution in [3.63, 3.8) is 0 Å². The van der Waals surface area contributed by atoms with Crippen LogP contribution in [0.4, 0.5) is 5.69 Å². The first-order valence-electron chi connectivity index (χ1n) is 4.93. The summed E-state index contributed by atoms with van der Waals surface area (Å²) in [7, 11) is -3.08. The normalized spacial score (nSPS) is 11.7. The van der Waals surface area contributed by atoms with Gasteiger partial charge < -0.3 is 5.32 Å². The maximum absolute atomic E-state index is 11.2. The van der Waals surface area contributed by atoms with Gasteiger partial charge in [-0.05, 0) is 30.2 Å². The van der Waals surface area contributed by atoms with Gasteiger partial charge in [-0.25, -0.2) is 8.42 Å². The average Bonchev–Trinajstić information content (AvgIpc) is 2.14. The lowest BCUT2D eigenvalue weighted by Gasteiger charge is -2.09. The van der Waals surface area contributed by atoms with E-state index in [4.69, 9.17) is 0 Å². The van der Waals surface area contributed by atoms with Crippen LogP contribution in [0.5, 0.6) is 0 Å². The highest BCUT2D eigenvalue weighted by molar-refractivity contribution is 7.90. The Hall–Kier alpha value is -1.03. The molecule has 0 spiro atoms. The van der Waals surface area contributed by atoms with Crippen LogP contribution in [-0.4, -0.2) is 21.2 Å². The molecular weight excluding hydrogens is 210 g/mol. The number of benzene rings is 1. The largest absolute Gasteiger partial charge is 0.385 e. The summed E-state index contributed by atoms with van der Waals surface area (Å²) in [5, 5.41) is 3.23. The van der Waals surface area contributed by atoms with Crippen LogP contribution in [0.25, 0.3) is 0 Å². The summed E-state index contributed by atoms with van der Waals surface area (Å²) in [6, 6.07) is 6.83. The minimum absolute atomic E-state index is 0.359. The molecule has 0 aliphatic carbocycles. The summed E-state index contributed by atoms with van der Waals surface area (Å²) in [4.78, 5) is 0.359. The van der Waals surface area contributed by atoms with E-state index in [0.29, 0.717) is 10.8 Å². The lowest BCUT2D eigenvalue weighted by Crippen LogP contribution is -2.07. The number of hydrogen-bond acceptors (Lipinski definition) is 3. The molecule has 0 bridgehead atoms. The molecule has 84 valence electrons. The minimum Gasteiger partial charge on any atom is -0.385 e. The maximum Gasteiger partial charge on any atom is 0.175 e. The van der Waals surface area contributed by atoms with Crippen LogP contribution in [0, 0.1) is 5.92 Å². The number of hydrogen-bond donors (Lipinski definition) is 1. The van der Waals surface area contributed by atoms with Gasteiger partial charge in [0.1, 0.15) is 0 Å². The van der Waals surface area contributed by atoms with Crippen molar-refractivity contribution in [1.82, 2.24) is 0 Å². The predicted molar refractivity (Wildman–Crippen MR) is 62.9 cm³/mol. The highest BCUT2D eigenvalue weighted by Crippen LogP contribution is 2.13. The second-order valence-corrected chi connectivity index (χ2v) is 6.09. The number of sulfone groups is 1. The highest BCUT2D eigenvalue weighted by atomic mass is 32.2. The van der Waals surface area contributed by atoms with Crippen LogP contribution < -0.4 is 5.32 Å². The maximum atomic E-state index is 11.2. The van der Waals surface area contributed by atoms with Gasteiger partial charge >= 0.3 is 0 Å². The Morgan fingerprint density at radius 1 is 1.20 bits per heavy atom. The summed E-state index contributed by atoms with van der Waals surface area (Å²) in [5.41, 5.74) is 0.955. The first-order valence-corrected chi connectivity index (χ1v) is 6.82. The fourth-order valence-corrected chi connectivity index (χ4v) is 1.77. The predicted octanol–water partition coefficient (Wildman–Crippen LogP) is 2.16. The van der Waals surface area contributed by atoms with Gasteiger partial charge in [-0.2, -0.15) is 0 Å². The molecule has 1 aromatic carbocycles. The van der Waals surface area contributed by atoms with Crippen LogP contribution in [0.1, 0.15) is 13.8 Å². The van der Waals surface area contributed by atoms with Gasteiger partial charge in [0.05, 0.1) is 4.90 Å². The third-order valence-electron chi connectivity index (χ3n) is 2.00. The first kappa shape index (κ1) is 12.0. The van der Waals surface area contributed by atoms with Gasteiger partial charge in [-0.1, -0.05) is 13.8 Å². The standard InChI is InChI=1S/C11H17NO2S/c1-9(2)8-12-10-4-6-11(7-5-10)15(3,13)14/h4-7,9,12H,8H2,1-3H3. The van der Waals surface area contributed by atoms with Gasteiger partial charge in [-0.3, -0.25) is 0 Å². The van der Waals surface area contributed by atoms with Crippen molar-refractivity contribution >= 4 is 15.5 Å². The molecule has 0 saturated heterocycles. The summed E-state index contributed by atoms with van der Waals surface area (Å²) in [6.07, 6.45) is 1.21. The van der Waals surface area contributed by atoms with E-state index in [-0.39, 0.29) is 0 Å². The highest BCUT2D eigenvalue weighted by Gasteiger charge is 2.05. The monoisotopic (exact) mass is 227 g/mol. The van der Waals surface area contributed by atoms with Crippen molar-refractivity contribution in [1.29, 1.82) is 0 Å². The molecule has 1 N–H and O–H groups in total. The Morgan fingerprint density at radius 3 is 2.13 bits per heavy atom. The van der Waals surface area contributed by atoms with Gasteiger partial charge in [0.25, 0.3) is 0 Å². The van der Waals surface area contributed by atoms with E-state index in [2.05, 4.69) is 19.2 Å². The van der Waals surface area contributed by atoms with Crippen molar-refractivity contribution < 1.29 is 8.42 Å². The number of rotatable bonds is 4. The molecule has 4 heteroatoms. The number of nitrogens with one attached hydrogen (secondary N) is 1. The fraction of sp³-hybridized carbons (Fsp3) is 0.455. The molecule has 0 radical (unpaired) electrons. The zero-order chi connectivity index (χ0) is 11.5. The fourth-order valence-electron chi connectivity index (χ4n) is 1.14. The molecule has 0 aliphatic heterocycles. The van der Waals surface area contributed by atoms with Crippen molar-refractivity contribution in [3.8, 4) is 0 Å². The van der Waals surface area contributed by atoms with Crippen LogP contribution in [0.3, 0.4) is 0 Å². The molecule has 0 saturated carbocycles. The third kappa shape index (κ3) is 3.91. The quantitative estimate of drug-likeness (QED) is 0.857. The molecule has 0 aliphatic rings. The second kappa shape index (κ2) is 4.66. The van der Waals surface area contributed by atoms with Crippen molar-refractivity contribution in [2.45, 2.75) is 18.7 Å². The Labute approximate surface area is 91.4 Å². The Balaban J connectivity index is 2.73. The Morgan fingerprint density at radius 2 is 1.73 bits per heavy atom. The summed E-state index contributed by atoms with van der Waals surface area (Å²) in [5.74, 6) is 0.569. The lowest BCUT2D eigenvalue weighted by molar-refractivity contribution is 0.602. The van der Waals surface area contributed by atoms with Crippen molar-refractivity contribution in [2.75, 3.05) is 18.1 Å². The molecule has 0 heterocycles. The molecule has 1 rings (SSSR count). The van der Waals surface area contributed by atoms with Crippen LogP contribution in [0.2, 0.25) is 0 Å². The molecular formula is C11H17NO2S. The molecule has 3 nitrogen and oxygen atoms in total. The average molecular weight is 227 g/mol. The molecule has 0 fully saturated rings. The van der Waals surface area contributed by atoms with E-state index in [1.54, 1.807) is 24.3 Å². The van der Waals surface area contributed by atoms with Gasteiger partial charge in [-0.15, -0.1) is 0 Å². The summed E-state index contributed by atoms with van der Waals surface area (Å²) >= 11 is 0. The van der Waals surface area contributed by atoms with Gasteiger partial charge in [0.15, 0.2) is 9.84 Å². The van der Waals surface area contributed by atoms with E-state index in [1.165, 1.54) is 6.26 Å². The van der Waals surface area contributed by atoms with Crippen LogP contribution >= 0.6 is 0 Å². The minimum atomic E-state index is -3.08. The molecule has 15 heavy (non-hydrogen) atoms. The summed E-state index contributed by atoms with van der Waals surface area (Å²) < 4.78 is 22.4. The Kier molecular flexibility index (Phi) is 3.74. The zero-order valence-electron chi connectivity index (χ0n) is 9.32. The van der Waals surface area contributed by atoms with Crippen molar-refractivity contribution in [2.24, 2.45) is 5.92 Å². The SMILES string of the molecule is CC(C)CNc1ccc(S(C)(=O)=O)cc1. The van der Waals surface area contributed by atoms with Gasteiger partial charge in [0.2, 0.25) is 0 Å².